The molecule has 0 spiro atoms. The van der Waals surface area contributed by atoms with Crippen LogP contribution in [0.4, 0.5) is 5.69 Å². The SMILES string of the molecule is Cc1cc(C)c(NC(=O)COc2ccccc2/C=N\NC(=O)C(=O)NCCc2ccccc2)c(C)c1. The van der Waals surface area contributed by atoms with Crippen LogP contribution in [0.2, 0.25) is 0 Å². The van der Waals surface area contributed by atoms with Crippen LogP contribution >= 0.6 is 0 Å². The summed E-state index contributed by atoms with van der Waals surface area (Å²) in [5.74, 6) is -1.53. The number of carbonyl (C=O) groups is 3. The van der Waals surface area contributed by atoms with Crippen molar-refractivity contribution < 1.29 is 19.1 Å². The van der Waals surface area contributed by atoms with Gasteiger partial charge < -0.3 is 15.4 Å². The third-order valence-corrected chi connectivity index (χ3v) is 5.34. The molecule has 3 aromatic rings. The molecule has 0 heterocycles. The van der Waals surface area contributed by atoms with Gasteiger partial charge in [-0.15, -0.1) is 0 Å². The lowest BCUT2D eigenvalue weighted by molar-refractivity contribution is -0.139. The van der Waals surface area contributed by atoms with Gasteiger partial charge in [-0.05, 0) is 56.0 Å². The van der Waals surface area contributed by atoms with E-state index in [9.17, 15) is 14.4 Å². The number of nitrogens with one attached hydrogen (secondary N) is 3. The third-order valence-electron chi connectivity index (χ3n) is 5.34. The summed E-state index contributed by atoms with van der Waals surface area (Å²) in [6, 6.07) is 20.6. The van der Waals surface area contributed by atoms with Crippen molar-refractivity contribution in [1.29, 1.82) is 0 Å². The first-order valence-electron chi connectivity index (χ1n) is 11.6. The van der Waals surface area contributed by atoms with Crippen molar-refractivity contribution in [2.24, 2.45) is 5.10 Å². The molecule has 0 fully saturated rings. The number of benzene rings is 3. The van der Waals surface area contributed by atoms with E-state index in [2.05, 4.69) is 21.2 Å². The average molecular weight is 487 g/mol. The van der Waals surface area contributed by atoms with Crippen molar-refractivity contribution in [1.82, 2.24) is 10.7 Å². The number of hydrogen-bond acceptors (Lipinski definition) is 5. The number of nitrogens with zero attached hydrogens (tertiary/aromatic N) is 1. The second kappa shape index (κ2) is 12.9. The monoisotopic (exact) mass is 486 g/mol. The van der Waals surface area contributed by atoms with Gasteiger partial charge in [0.05, 0.1) is 6.21 Å². The van der Waals surface area contributed by atoms with Crippen LogP contribution in [0.1, 0.15) is 27.8 Å². The van der Waals surface area contributed by atoms with Gasteiger partial charge in [0.25, 0.3) is 5.91 Å². The molecule has 0 saturated heterocycles. The van der Waals surface area contributed by atoms with E-state index < -0.39 is 11.8 Å². The summed E-state index contributed by atoms with van der Waals surface area (Å²) in [7, 11) is 0. The summed E-state index contributed by atoms with van der Waals surface area (Å²) < 4.78 is 5.68. The highest BCUT2D eigenvalue weighted by Gasteiger charge is 2.12. The van der Waals surface area contributed by atoms with Gasteiger partial charge in [-0.1, -0.05) is 60.2 Å². The normalized spacial score (nSPS) is 10.6. The number of amides is 3. The van der Waals surface area contributed by atoms with Crippen molar-refractivity contribution in [2.75, 3.05) is 18.5 Å². The number of para-hydroxylation sites is 1. The summed E-state index contributed by atoms with van der Waals surface area (Å²) in [6.07, 6.45) is 1.97. The summed E-state index contributed by atoms with van der Waals surface area (Å²) in [6.45, 7) is 6.03. The minimum atomic E-state index is -0.874. The molecular weight excluding hydrogens is 456 g/mol. The molecule has 0 aliphatic carbocycles. The largest absolute Gasteiger partial charge is 0.483 e. The van der Waals surface area contributed by atoms with Crippen molar-refractivity contribution in [3.8, 4) is 5.75 Å². The highest BCUT2D eigenvalue weighted by molar-refractivity contribution is 6.35. The minimum Gasteiger partial charge on any atom is -0.483 e. The molecule has 3 amide bonds. The third kappa shape index (κ3) is 7.80. The fourth-order valence-corrected chi connectivity index (χ4v) is 3.67. The zero-order valence-corrected chi connectivity index (χ0v) is 20.6. The van der Waals surface area contributed by atoms with Crippen LogP contribution in [0.3, 0.4) is 0 Å². The summed E-state index contributed by atoms with van der Waals surface area (Å²) in [5.41, 5.74) is 7.67. The topological polar surface area (TPSA) is 109 Å². The number of rotatable bonds is 9. The van der Waals surface area contributed by atoms with Gasteiger partial charge in [-0.3, -0.25) is 14.4 Å². The van der Waals surface area contributed by atoms with E-state index >= 15 is 0 Å². The summed E-state index contributed by atoms with van der Waals surface area (Å²) in [4.78, 5) is 36.4. The van der Waals surface area contributed by atoms with Gasteiger partial charge in [-0.25, -0.2) is 5.43 Å². The number of carbonyl (C=O) groups excluding carboxylic acids is 3. The Balaban J connectivity index is 1.49. The minimum absolute atomic E-state index is 0.201. The lowest BCUT2D eigenvalue weighted by Gasteiger charge is -2.14. The maximum Gasteiger partial charge on any atom is 0.329 e. The van der Waals surface area contributed by atoms with E-state index in [1.165, 1.54) is 6.21 Å². The Labute approximate surface area is 210 Å². The van der Waals surface area contributed by atoms with Crippen LogP contribution in [-0.4, -0.2) is 37.1 Å². The zero-order chi connectivity index (χ0) is 25.9. The highest BCUT2D eigenvalue weighted by atomic mass is 16.5. The molecule has 8 nitrogen and oxygen atoms in total. The van der Waals surface area contributed by atoms with Gasteiger partial charge in [0.2, 0.25) is 0 Å². The van der Waals surface area contributed by atoms with Crippen LogP contribution < -0.4 is 20.8 Å². The van der Waals surface area contributed by atoms with Gasteiger partial charge in [-0.2, -0.15) is 5.10 Å². The molecule has 8 heteroatoms. The van der Waals surface area contributed by atoms with Crippen molar-refractivity contribution >= 4 is 29.6 Å². The van der Waals surface area contributed by atoms with Crippen LogP contribution in [0.15, 0.2) is 71.8 Å². The molecule has 0 aliphatic rings. The van der Waals surface area contributed by atoms with E-state index in [1.807, 2.05) is 63.2 Å². The second-order valence-electron chi connectivity index (χ2n) is 8.34. The molecule has 0 atom stereocenters. The molecule has 0 aromatic heterocycles. The second-order valence-corrected chi connectivity index (χ2v) is 8.34. The molecule has 36 heavy (non-hydrogen) atoms. The Hall–Kier alpha value is -4.46. The molecular formula is C28H30N4O4. The van der Waals surface area contributed by atoms with E-state index in [4.69, 9.17) is 4.74 Å². The molecule has 0 radical (unpaired) electrons. The fraction of sp³-hybridized carbons (Fsp3) is 0.214. The molecule has 0 bridgehead atoms. The zero-order valence-electron chi connectivity index (χ0n) is 20.6. The van der Waals surface area contributed by atoms with Gasteiger partial charge >= 0.3 is 11.8 Å². The standard InChI is InChI=1S/C28H30N4O4/c1-19-15-20(2)26(21(3)16-19)31-25(33)18-36-24-12-8-7-11-23(24)17-30-32-28(35)27(34)29-14-13-22-9-5-4-6-10-22/h4-12,15-17H,13-14,18H2,1-3H3,(H,29,34)(H,31,33)(H,32,35)/b30-17-. The Morgan fingerprint density at radius 3 is 2.28 bits per heavy atom. The molecule has 0 aliphatic heterocycles. The van der Waals surface area contributed by atoms with E-state index in [0.29, 0.717) is 24.3 Å². The fourth-order valence-electron chi connectivity index (χ4n) is 3.67. The van der Waals surface area contributed by atoms with Gasteiger partial charge in [0, 0.05) is 17.8 Å². The Morgan fingerprint density at radius 2 is 1.56 bits per heavy atom. The van der Waals surface area contributed by atoms with Crippen molar-refractivity contribution in [3.63, 3.8) is 0 Å². The highest BCUT2D eigenvalue weighted by Crippen LogP contribution is 2.22. The first-order chi connectivity index (χ1) is 17.3. The van der Waals surface area contributed by atoms with Crippen molar-refractivity contribution in [2.45, 2.75) is 27.2 Å². The van der Waals surface area contributed by atoms with Crippen LogP contribution in [0.5, 0.6) is 5.75 Å². The Bertz CT molecular complexity index is 1230. The van der Waals surface area contributed by atoms with Gasteiger partial charge in [0.1, 0.15) is 5.75 Å². The van der Waals surface area contributed by atoms with E-state index in [1.54, 1.807) is 24.3 Å². The lowest BCUT2D eigenvalue weighted by Crippen LogP contribution is -2.38. The lowest BCUT2D eigenvalue weighted by atomic mass is 10.1. The average Bonchev–Trinajstić information content (AvgIpc) is 2.86. The molecule has 0 unspecified atom stereocenters. The van der Waals surface area contributed by atoms with Crippen LogP contribution in [0.25, 0.3) is 0 Å². The number of hydrogen-bond donors (Lipinski definition) is 3. The number of anilines is 1. The quantitative estimate of drug-likeness (QED) is 0.245. The predicted octanol–water partition coefficient (Wildman–Crippen LogP) is 3.44. The maximum absolute atomic E-state index is 12.5. The smallest absolute Gasteiger partial charge is 0.329 e. The first-order valence-corrected chi connectivity index (χ1v) is 11.6. The summed E-state index contributed by atoms with van der Waals surface area (Å²) in [5, 5.41) is 9.30. The van der Waals surface area contributed by atoms with Crippen LogP contribution in [0, 0.1) is 20.8 Å². The Kier molecular flexibility index (Phi) is 9.33. The van der Waals surface area contributed by atoms with Gasteiger partial charge in [0.15, 0.2) is 6.61 Å². The molecule has 3 aromatic carbocycles. The Morgan fingerprint density at radius 1 is 0.889 bits per heavy atom. The number of aryl methyl sites for hydroxylation is 3. The van der Waals surface area contributed by atoms with E-state index in [0.717, 1.165) is 27.9 Å². The predicted molar refractivity (Wildman–Crippen MR) is 140 cm³/mol. The van der Waals surface area contributed by atoms with Crippen molar-refractivity contribution in [3.05, 3.63) is 94.5 Å². The first kappa shape index (κ1) is 26.2. The summed E-state index contributed by atoms with van der Waals surface area (Å²) >= 11 is 0. The number of hydrazone groups is 1. The number of ether oxygens (including phenoxy) is 1. The molecule has 3 rings (SSSR count). The van der Waals surface area contributed by atoms with E-state index in [-0.39, 0.29) is 12.5 Å². The molecule has 186 valence electrons. The molecule has 0 saturated carbocycles. The van der Waals surface area contributed by atoms with Crippen LogP contribution in [-0.2, 0) is 20.8 Å². The maximum atomic E-state index is 12.5. The molecule has 3 N–H and O–H groups in total.